The van der Waals surface area contributed by atoms with E-state index in [4.69, 9.17) is 0 Å². The van der Waals surface area contributed by atoms with Gasteiger partial charge in [-0.25, -0.2) is 4.98 Å². The first-order valence-electron chi connectivity index (χ1n) is 8.31. The fraction of sp³-hybridized carbons (Fsp3) is 0.0500. The molecule has 7 heteroatoms. The number of nitrogens with one attached hydrogen (secondary N) is 2. The van der Waals surface area contributed by atoms with Crippen LogP contribution in [0.25, 0.3) is 11.3 Å². The average Bonchev–Trinajstić information content (AvgIpc) is 3.35. The van der Waals surface area contributed by atoms with Gasteiger partial charge in [-0.3, -0.25) is 9.78 Å². The van der Waals surface area contributed by atoms with Crippen molar-refractivity contribution in [2.24, 2.45) is 0 Å². The van der Waals surface area contributed by atoms with Crippen LogP contribution in [0.4, 0.5) is 16.5 Å². The summed E-state index contributed by atoms with van der Waals surface area (Å²) in [6, 6.07) is 15.4. The average molecular weight is 393 g/mol. The molecule has 3 heterocycles. The fourth-order valence-electron chi connectivity index (χ4n) is 2.56. The van der Waals surface area contributed by atoms with Crippen LogP contribution in [-0.2, 0) is 11.2 Å². The van der Waals surface area contributed by atoms with Crippen LogP contribution in [0.1, 0.15) is 4.88 Å². The van der Waals surface area contributed by atoms with E-state index in [0.717, 1.165) is 32.6 Å². The van der Waals surface area contributed by atoms with Gasteiger partial charge in [-0.2, -0.15) is 0 Å². The molecule has 5 nitrogen and oxygen atoms in total. The van der Waals surface area contributed by atoms with E-state index in [9.17, 15) is 4.79 Å². The molecule has 0 aliphatic carbocycles. The van der Waals surface area contributed by atoms with Gasteiger partial charge in [0.05, 0.1) is 12.1 Å². The van der Waals surface area contributed by atoms with Gasteiger partial charge in [-0.15, -0.1) is 22.7 Å². The maximum atomic E-state index is 12.2. The second-order valence-corrected chi connectivity index (χ2v) is 7.67. The zero-order valence-corrected chi connectivity index (χ0v) is 15.9. The first-order valence-corrected chi connectivity index (χ1v) is 10.1. The Labute approximate surface area is 164 Å². The fourth-order valence-corrected chi connectivity index (χ4v) is 4.00. The van der Waals surface area contributed by atoms with E-state index >= 15 is 0 Å². The molecule has 1 aromatic carbocycles. The van der Waals surface area contributed by atoms with Crippen LogP contribution in [0.3, 0.4) is 0 Å². The number of carbonyl (C=O) groups excluding carboxylic acids is 1. The molecule has 0 radical (unpaired) electrons. The summed E-state index contributed by atoms with van der Waals surface area (Å²) in [5.41, 5.74) is 3.57. The summed E-state index contributed by atoms with van der Waals surface area (Å²) >= 11 is 3.12. The van der Waals surface area contributed by atoms with Crippen LogP contribution in [0, 0.1) is 0 Å². The highest BCUT2D eigenvalue weighted by Crippen LogP contribution is 2.27. The third-order valence-corrected chi connectivity index (χ3v) is 5.43. The topological polar surface area (TPSA) is 66.9 Å². The summed E-state index contributed by atoms with van der Waals surface area (Å²) in [5.74, 6) is -0.0242. The van der Waals surface area contributed by atoms with Gasteiger partial charge in [0.25, 0.3) is 0 Å². The highest BCUT2D eigenvalue weighted by atomic mass is 32.1. The molecule has 1 amide bonds. The molecule has 134 valence electrons. The Hall–Kier alpha value is -3.03. The van der Waals surface area contributed by atoms with E-state index < -0.39 is 0 Å². The summed E-state index contributed by atoms with van der Waals surface area (Å²) in [7, 11) is 0. The van der Waals surface area contributed by atoms with E-state index in [0.29, 0.717) is 6.42 Å². The number of carbonyl (C=O) groups is 1. The SMILES string of the molecule is O=C(Cc1cccs1)Nc1cccc(Nc2nc(-c3ccncc3)cs2)c1. The Morgan fingerprint density at radius 1 is 1.00 bits per heavy atom. The lowest BCUT2D eigenvalue weighted by atomic mass is 10.2. The van der Waals surface area contributed by atoms with Gasteiger partial charge in [0, 0.05) is 39.6 Å². The molecule has 4 rings (SSSR count). The van der Waals surface area contributed by atoms with Gasteiger partial charge in [0.2, 0.25) is 5.91 Å². The molecule has 4 aromatic rings. The van der Waals surface area contributed by atoms with Crippen molar-refractivity contribution in [2.75, 3.05) is 10.6 Å². The molecular formula is C20H16N4OS2. The molecule has 27 heavy (non-hydrogen) atoms. The summed E-state index contributed by atoms with van der Waals surface area (Å²) in [6.07, 6.45) is 3.89. The Bertz CT molecular complexity index is 1030. The van der Waals surface area contributed by atoms with E-state index in [1.165, 1.54) is 11.3 Å². The molecule has 0 bridgehead atoms. The number of hydrogen-bond donors (Lipinski definition) is 2. The summed E-state index contributed by atoms with van der Waals surface area (Å²) < 4.78 is 0. The summed E-state index contributed by atoms with van der Waals surface area (Å²) in [4.78, 5) is 21.9. The Morgan fingerprint density at radius 3 is 2.67 bits per heavy atom. The van der Waals surface area contributed by atoms with Crippen molar-refractivity contribution in [3.05, 3.63) is 76.6 Å². The molecule has 0 aliphatic rings. The molecule has 2 N–H and O–H groups in total. The van der Waals surface area contributed by atoms with Crippen LogP contribution in [0.5, 0.6) is 0 Å². The number of thiophene rings is 1. The number of anilines is 3. The third-order valence-electron chi connectivity index (χ3n) is 3.79. The predicted molar refractivity (Wildman–Crippen MR) is 112 cm³/mol. The third kappa shape index (κ3) is 4.58. The number of thiazole rings is 1. The van der Waals surface area contributed by atoms with Crippen LogP contribution < -0.4 is 10.6 Å². The Balaban J connectivity index is 1.42. The van der Waals surface area contributed by atoms with Crippen molar-refractivity contribution in [1.29, 1.82) is 0 Å². The van der Waals surface area contributed by atoms with Gasteiger partial charge in [0.15, 0.2) is 5.13 Å². The number of hydrogen-bond acceptors (Lipinski definition) is 6. The van der Waals surface area contributed by atoms with Crippen LogP contribution >= 0.6 is 22.7 Å². The van der Waals surface area contributed by atoms with Crippen molar-refractivity contribution >= 4 is 45.1 Å². The minimum absolute atomic E-state index is 0.0242. The minimum Gasteiger partial charge on any atom is -0.331 e. The number of aromatic nitrogens is 2. The molecule has 3 aromatic heterocycles. The molecular weight excluding hydrogens is 376 g/mol. The van der Waals surface area contributed by atoms with Crippen molar-refractivity contribution < 1.29 is 4.79 Å². The lowest BCUT2D eigenvalue weighted by Gasteiger charge is -2.07. The van der Waals surface area contributed by atoms with Crippen molar-refractivity contribution in [1.82, 2.24) is 9.97 Å². The smallest absolute Gasteiger partial charge is 0.229 e. The van der Waals surface area contributed by atoms with Crippen LogP contribution in [0.2, 0.25) is 0 Å². The predicted octanol–water partition coefficient (Wildman–Crippen LogP) is 5.19. The lowest BCUT2D eigenvalue weighted by Crippen LogP contribution is -2.13. The van der Waals surface area contributed by atoms with E-state index in [2.05, 4.69) is 20.6 Å². The van der Waals surface area contributed by atoms with Crippen LogP contribution in [-0.4, -0.2) is 15.9 Å². The van der Waals surface area contributed by atoms with E-state index in [-0.39, 0.29) is 5.91 Å². The minimum atomic E-state index is -0.0242. The largest absolute Gasteiger partial charge is 0.331 e. The quantitative estimate of drug-likeness (QED) is 0.474. The lowest BCUT2D eigenvalue weighted by molar-refractivity contribution is -0.115. The number of benzene rings is 1. The van der Waals surface area contributed by atoms with Crippen molar-refractivity contribution in [3.63, 3.8) is 0 Å². The Kier molecular flexibility index (Phi) is 5.22. The second-order valence-electron chi connectivity index (χ2n) is 5.78. The molecule has 0 unspecified atom stereocenters. The van der Waals surface area contributed by atoms with E-state index in [1.807, 2.05) is 59.3 Å². The maximum Gasteiger partial charge on any atom is 0.229 e. The van der Waals surface area contributed by atoms with Gasteiger partial charge in [-0.05, 0) is 41.8 Å². The highest BCUT2D eigenvalue weighted by molar-refractivity contribution is 7.14. The zero-order valence-electron chi connectivity index (χ0n) is 14.3. The normalized spacial score (nSPS) is 10.5. The van der Waals surface area contributed by atoms with Gasteiger partial charge in [-0.1, -0.05) is 12.1 Å². The van der Waals surface area contributed by atoms with Gasteiger partial charge < -0.3 is 10.6 Å². The van der Waals surface area contributed by atoms with Crippen LogP contribution in [0.15, 0.2) is 71.7 Å². The van der Waals surface area contributed by atoms with Gasteiger partial charge >= 0.3 is 0 Å². The number of pyridine rings is 1. The zero-order chi connectivity index (χ0) is 18.5. The van der Waals surface area contributed by atoms with Gasteiger partial charge in [0.1, 0.15) is 0 Å². The summed E-state index contributed by atoms with van der Waals surface area (Å²) in [5, 5.41) is 11.0. The highest BCUT2D eigenvalue weighted by Gasteiger charge is 2.07. The Morgan fingerprint density at radius 2 is 1.85 bits per heavy atom. The maximum absolute atomic E-state index is 12.2. The monoisotopic (exact) mass is 392 g/mol. The summed E-state index contributed by atoms with van der Waals surface area (Å²) in [6.45, 7) is 0. The first-order chi connectivity index (χ1) is 13.3. The van der Waals surface area contributed by atoms with E-state index in [1.54, 1.807) is 23.7 Å². The second kappa shape index (κ2) is 8.11. The first kappa shape index (κ1) is 17.4. The number of amides is 1. The molecule has 0 saturated heterocycles. The molecule has 0 fully saturated rings. The number of nitrogens with zero attached hydrogens (tertiary/aromatic N) is 2. The van der Waals surface area contributed by atoms with Crippen molar-refractivity contribution in [2.45, 2.75) is 6.42 Å². The van der Waals surface area contributed by atoms with Crippen molar-refractivity contribution in [3.8, 4) is 11.3 Å². The molecule has 0 aliphatic heterocycles. The molecule has 0 atom stereocenters. The standard InChI is InChI=1S/C20H16N4OS2/c25-19(12-17-5-2-10-26-17)22-15-3-1-4-16(11-15)23-20-24-18(13-27-20)14-6-8-21-9-7-14/h1-11,13H,12H2,(H,22,25)(H,23,24). The molecule has 0 saturated carbocycles. The number of rotatable bonds is 6. The molecule has 0 spiro atoms.